The van der Waals surface area contributed by atoms with Crippen LogP contribution in [0, 0.1) is 6.92 Å². The summed E-state index contributed by atoms with van der Waals surface area (Å²) < 4.78 is 31.9. The van der Waals surface area contributed by atoms with E-state index in [2.05, 4.69) is 35.7 Å². The molecule has 0 saturated heterocycles. The molecule has 6 nitrogen and oxygen atoms in total. The van der Waals surface area contributed by atoms with E-state index < -0.39 is 10.0 Å². The highest BCUT2D eigenvalue weighted by atomic mass is 32.2. The average molecular weight is 309 g/mol. The molecule has 0 fully saturated rings. The van der Waals surface area contributed by atoms with Gasteiger partial charge in [0.1, 0.15) is 0 Å². The van der Waals surface area contributed by atoms with Crippen LogP contribution in [0.2, 0.25) is 0 Å². The lowest BCUT2D eigenvalue weighted by atomic mass is 9.87. The van der Waals surface area contributed by atoms with Crippen LogP contribution in [0.3, 0.4) is 0 Å². The zero-order valence-corrected chi connectivity index (χ0v) is 13.4. The number of hydrogen-bond donors (Lipinski definition) is 1. The van der Waals surface area contributed by atoms with Gasteiger partial charge in [0.2, 0.25) is 21.8 Å². The van der Waals surface area contributed by atoms with Gasteiger partial charge in [-0.05, 0) is 23.1 Å². The van der Waals surface area contributed by atoms with Crippen molar-refractivity contribution in [3.8, 4) is 0 Å². The number of benzene rings is 1. The highest BCUT2D eigenvalue weighted by molar-refractivity contribution is 7.89. The van der Waals surface area contributed by atoms with Crippen LogP contribution in [-0.2, 0) is 22.0 Å². The fraction of sp³-hybridized carbons (Fsp3) is 0.429. The maximum atomic E-state index is 12.2. The summed E-state index contributed by atoms with van der Waals surface area (Å²) in [6.45, 7) is 7.85. The predicted octanol–water partition coefficient (Wildman–Crippen LogP) is 2.15. The minimum atomic E-state index is -3.59. The topological polar surface area (TPSA) is 85.1 Å². The third-order valence-electron chi connectivity index (χ3n) is 3.01. The Kier molecular flexibility index (Phi) is 4.15. The van der Waals surface area contributed by atoms with Crippen LogP contribution >= 0.6 is 0 Å². The summed E-state index contributed by atoms with van der Waals surface area (Å²) in [4.78, 5) is 0.215. The van der Waals surface area contributed by atoms with Gasteiger partial charge in [-0.25, -0.2) is 13.1 Å². The molecule has 0 atom stereocenters. The third-order valence-corrected chi connectivity index (χ3v) is 4.43. The second kappa shape index (κ2) is 5.57. The van der Waals surface area contributed by atoms with Crippen LogP contribution in [-0.4, -0.2) is 18.6 Å². The van der Waals surface area contributed by atoms with E-state index in [0.29, 0.717) is 5.89 Å². The van der Waals surface area contributed by atoms with Crippen LogP contribution in [0.1, 0.15) is 38.1 Å². The quantitative estimate of drug-likeness (QED) is 0.935. The molecule has 21 heavy (non-hydrogen) atoms. The normalized spacial score (nSPS) is 12.6. The monoisotopic (exact) mass is 309 g/mol. The van der Waals surface area contributed by atoms with E-state index in [1.165, 1.54) is 0 Å². The fourth-order valence-electron chi connectivity index (χ4n) is 1.78. The van der Waals surface area contributed by atoms with E-state index in [9.17, 15) is 8.42 Å². The molecule has 114 valence electrons. The molecule has 0 radical (unpaired) electrons. The summed E-state index contributed by atoms with van der Waals surface area (Å²) in [6.07, 6.45) is 0. The van der Waals surface area contributed by atoms with E-state index in [4.69, 9.17) is 4.42 Å². The van der Waals surface area contributed by atoms with Gasteiger partial charge >= 0.3 is 0 Å². The molecule has 0 amide bonds. The Bertz CT molecular complexity index is 713. The number of rotatable bonds is 4. The van der Waals surface area contributed by atoms with Crippen LogP contribution in [0.5, 0.6) is 0 Å². The minimum Gasteiger partial charge on any atom is -0.424 e. The van der Waals surface area contributed by atoms with Crippen molar-refractivity contribution in [3.63, 3.8) is 0 Å². The maximum absolute atomic E-state index is 12.2. The number of hydrogen-bond acceptors (Lipinski definition) is 5. The standard InChI is InChI=1S/C14H19N3O3S/c1-10-16-17-13(20-10)9-15-21(18,19)12-7-5-11(6-8-12)14(2,3)4/h5-8,15H,9H2,1-4H3. The van der Waals surface area contributed by atoms with Gasteiger partial charge < -0.3 is 4.42 Å². The lowest BCUT2D eigenvalue weighted by Gasteiger charge is -2.19. The van der Waals surface area contributed by atoms with Gasteiger partial charge in [0.05, 0.1) is 11.4 Å². The molecule has 1 N–H and O–H groups in total. The van der Waals surface area contributed by atoms with E-state index in [1.54, 1.807) is 19.1 Å². The molecule has 0 aliphatic heterocycles. The lowest BCUT2D eigenvalue weighted by molar-refractivity contribution is 0.460. The van der Waals surface area contributed by atoms with Crippen LogP contribution in [0.4, 0.5) is 0 Å². The summed E-state index contributed by atoms with van der Waals surface area (Å²) in [6, 6.07) is 6.85. The molecule has 0 saturated carbocycles. The Balaban J connectivity index is 2.12. The second-order valence-electron chi connectivity index (χ2n) is 5.81. The summed E-state index contributed by atoms with van der Waals surface area (Å²) in [5.41, 5.74) is 1.06. The molecule has 1 aromatic carbocycles. The first kappa shape index (κ1) is 15.7. The zero-order chi connectivity index (χ0) is 15.7. The van der Waals surface area contributed by atoms with Crippen molar-refractivity contribution in [3.05, 3.63) is 41.6 Å². The Labute approximate surface area is 124 Å². The van der Waals surface area contributed by atoms with Crippen molar-refractivity contribution in [1.29, 1.82) is 0 Å². The Morgan fingerprint density at radius 3 is 2.24 bits per heavy atom. The molecule has 0 unspecified atom stereocenters. The Morgan fingerprint density at radius 1 is 1.14 bits per heavy atom. The molecular weight excluding hydrogens is 290 g/mol. The van der Waals surface area contributed by atoms with Crippen LogP contribution < -0.4 is 4.72 Å². The number of sulfonamides is 1. The minimum absolute atomic E-state index is 0.0169. The van der Waals surface area contributed by atoms with Gasteiger partial charge in [0.25, 0.3) is 0 Å². The first-order chi connectivity index (χ1) is 9.68. The average Bonchev–Trinajstić information content (AvgIpc) is 2.82. The number of nitrogens with zero attached hydrogens (tertiary/aromatic N) is 2. The van der Waals surface area contributed by atoms with Crippen molar-refractivity contribution in [2.24, 2.45) is 0 Å². The van der Waals surface area contributed by atoms with Gasteiger partial charge in [0.15, 0.2) is 0 Å². The maximum Gasteiger partial charge on any atom is 0.241 e. The highest BCUT2D eigenvalue weighted by Gasteiger charge is 2.18. The Hall–Kier alpha value is -1.73. The first-order valence-electron chi connectivity index (χ1n) is 6.58. The predicted molar refractivity (Wildman–Crippen MR) is 78.2 cm³/mol. The van der Waals surface area contributed by atoms with Gasteiger partial charge in [-0.3, -0.25) is 0 Å². The summed E-state index contributed by atoms with van der Waals surface area (Å²) in [5.74, 6) is 0.640. The van der Waals surface area contributed by atoms with Gasteiger partial charge in [-0.15, -0.1) is 10.2 Å². The molecule has 0 aliphatic carbocycles. The Morgan fingerprint density at radius 2 is 1.76 bits per heavy atom. The molecule has 2 aromatic rings. The molecule has 1 heterocycles. The van der Waals surface area contributed by atoms with Crippen LogP contribution in [0.25, 0.3) is 0 Å². The van der Waals surface area contributed by atoms with Crippen molar-refractivity contribution in [2.45, 2.75) is 44.6 Å². The molecular formula is C14H19N3O3S. The SMILES string of the molecule is Cc1nnc(CNS(=O)(=O)c2ccc(C(C)(C)C)cc2)o1. The van der Waals surface area contributed by atoms with Gasteiger partial charge in [-0.2, -0.15) is 0 Å². The number of nitrogens with one attached hydrogen (secondary N) is 1. The molecule has 0 bridgehead atoms. The lowest BCUT2D eigenvalue weighted by Crippen LogP contribution is -2.23. The number of aryl methyl sites for hydroxylation is 1. The van der Waals surface area contributed by atoms with Crippen molar-refractivity contribution >= 4 is 10.0 Å². The van der Waals surface area contributed by atoms with Crippen molar-refractivity contribution in [2.75, 3.05) is 0 Å². The van der Waals surface area contributed by atoms with Gasteiger partial charge in [-0.1, -0.05) is 32.9 Å². The van der Waals surface area contributed by atoms with E-state index >= 15 is 0 Å². The molecule has 1 aromatic heterocycles. The largest absolute Gasteiger partial charge is 0.424 e. The summed E-state index contributed by atoms with van der Waals surface area (Å²) >= 11 is 0. The fourth-order valence-corrected chi connectivity index (χ4v) is 2.76. The van der Waals surface area contributed by atoms with E-state index in [-0.39, 0.29) is 22.7 Å². The number of aromatic nitrogens is 2. The van der Waals surface area contributed by atoms with Crippen molar-refractivity contribution in [1.82, 2.24) is 14.9 Å². The molecule has 0 aliphatic rings. The second-order valence-corrected chi connectivity index (χ2v) is 7.58. The zero-order valence-electron chi connectivity index (χ0n) is 12.5. The highest BCUT2D eigenvalue weighted by Crippen LogP contribution is 2.23. The van der Waals surface area contributed by atoms with Crippen molar-refractivity contribution < 1.29 is 12.8 Å². The first-order valence-corrected chi connectivity index (χ1v) is 8.06. The molecule has 2 rings (SSSR count). The smallest absolute Gasteiger partial charge is 0.241 e. The molecule has 7 heteroatoms. The van der Waals surface area contributed by atoms with Gasteiger partial charge in [0, 0.05) is 6.92 Å². The van der Waals surface area contributed by atoms with E-state index in [0.717, 1.165) is 5.56 Å². The summed E-state index contributed by atoms with van der Waals surface area (Å²) in [5, 5.41) is 7.39. The third kappa shape index (κ3) is 3.89. The molecule has 0 spiro atoms. The van der Waals surface area contributed by atoms with Crippen LogP contribution in [0.15, 0.2) is 33.6 Å². The summed E-state index contributed by atoms with van der Waals surface area (Å²) in [7, 11) is -3.59. The van der Waals surface area contributed by atoms with E-state index in [1.807, 2.05) is 12.1 Å².